The molecule has 1 aromatic heterocycles. The van der Waals surface area contributed by atoms with Crippen LogP contribution in [0.3, 0.4) is 0 Å². The highest BCUT2D eigenvalue weighted by molar-refractivity contribution is 6.00. The molecule has 0 bridgehead atoms. The van der Waals surface area contributed by atoms with Crippen molar-refractivity contribution in [2.45, 2.75) is 46.6 Å². The largest absolute Gasteiger partial charge is 0.355 e. The first-order valence-corrected chi connectivity index (χ1v) is 11.7. The quantitative estimate of drug-likeness (QED) is 0.584. The van der Waals surface area contributed by atoms with E-state index in [1.165, 1.54) is 5.56 Å². The van der Waals surface area contributed by atoms with Crippen LogP contribution in [0.15, 0.2) is 43.0 Å². The molecule has 0 aliphatic carbocycles. The maximum absolute atomic E-state index is 13.5. The number of nitrogens with zero attached hydrogens (tertiary/aromatic N) is 4. The average Bonchev–Trinajstić information content (AvgIpc) is 3.40. The molecule has 174 valence electrons. The minimum atomic E-state index is -0.605. The van der Waals surface area contributed by atoms with Crippen molar-refractivity contribution in [3.05, 3.63) is 48.5 Å². The number of fused-ring (bicyclic) bond motifs is 1. The summed E-state index contributed by atoms with van der Waals surface area (Å²) >= 11 is 0. The Balaban J connectivity index is 1.61. The Morgan fingerprint density at radius 3 is 2.50 bits per heavy atom. The van der Waals surface area contributed by atoms with Crippen molar-refractivity contribution in [3.63, 3.8) is 0 Å². The zero-order valence-electron chi connectivity index (χ0n) is 19.8. The number of carbonyl (C=O) groups is 2. The van der Waals surface area contributed by atoms with Gasteiger partial charge >= 0.3 is 0 Å². The number of hydrogen-bond acceptors (Lipinski definition) is 4. The molecule has 0 radical (unpaired) electrons. The van der Waals surface area contributed by atoms with Crippen LogP contribution < -0.4 is 10.2 Å². The Morgan fingerprint density at radius 2 is 1.84 bits per heavy atom. The predicted octanol–water partition coefficient (Wildman–Crippen LogP) is 3.13. The van der Waals surface area contributed by atoms with E-state index in [9.17, 15) is 9.59 Å². The molecule has 2 amide bonds. The molecular weight excluding hydrogens is 402 g/mol. The number of anilines is 1. The van der Waals surface area contributed by atoms with E-state index in [-0.39, 0.29) is 18.2 Å². The molecular formula is C25H37N5O2. The van der Waals surface area contributed by atoms with Gasteiger partial charge in [-0.1, -0.05) is 45.9 Å². The smallest absolute Gasteiger partial charge is 0.250 e. The normalized spacial score (nSPS) is 14.3. The van der Waals surface area contributed by atoms with E-state index in [1.807, 2.05) is 18.2 Å². The topological polar surface area (TPSA) is 70.5 Å². The summed E-state index contributed by atoms with van der Waals surface area (Å²) in [7, 11) is 0. The molecule has 0 spiro atoms. The van der Waals surface area contributed by atoms with E-state index < -0.39 is 6.04 Å². The van der Waals surface area contributed by atoms with Crippen LogP contribution in [-0.4, -0.2) is 59.0 Å². The fourth-order valence-electron chi connectivity index (χ4n) is 4.41. The fraction of sp³-hybridized carbons (Fsp3) is 0.560. The second kappa shape index (κ2) is 11.3. The van der Waals surface area contributed by atoms with Gasteiger partial charge in [-0.3, -0.25) is 9.59 Å². The van der Waals surface area contributed by atoms with Gasteiger partial charge < -0.3 is 19.7 Å². The van der Waals surface area contributed by atoms with Crippen LogP contribution in [0.4, 0.5) is 5.69 Å². The van der Waals surface area contributed by atoms with E-state index in [0.717, 1.165) is 31.7 Å². The number of aromatic nitrogens is 2. The minimum absolute atomic E-state index is 0.0654. The number of amides is 2. The zero-order chi connectivity index (χ0) is 23.1. The number of imidazole rings is 1. The van der Waals surface area contributed by atoms with Gasteiger partial charge in [0.05, 0.1) is 12.7 Å². The molecule has 1 aromatic carbocycles. The van der Waals surface area contributed by atoms with E-state index >= 15 is 0 Å². The van der Waals surface area contributed by atoms with Crippen molar-refractivity contribution in [2.75, 3.05) is 37.6 Å². The zero-order valence-corrected chi connectivity index (χ0v) is 19.8. The van der Waals surface area contributed by atoms with E-state index in [1.54, 1.807) is 28.2 Å². The fourth-order valence-corrected chi connectivity index (χ4v) is 4.41. The summed E-state index contributed by atoms with van der Waals surface area (Å²) in [4.78, 5) is 34.6. The van der Waals surface area contributed by atoms with Crippen molar-refractivity contribution >= 4 is 17.5 Å². The van der Waals surface area contributed by atoms with Gasteiger partial charge in [-0.15, -0.1) is 0 Å². The van der Waals surface area contributed by atoms with Crippen LogP contribution in [0.25, 0.3) is 0 Å². The first-order valence-electron chi connectivity index (χ1n) is 11.7. The number of rotatable bonds is 11. The summed E-state index contributed by atoms with van der Waals surface area (Å²) in [5.41, 5.74) is 2.12. The molecule has 0 saturated carbocycles. The lowest BCUT2D eigenvalue weighted by atomic mass is 10.1. The van der Waals surface area contributed by atoms with Gasteiger partial charge in [0.25, 0.3) is 5.91 Å². The molecule has 0 saturated heterocycles. The highest BCUT2D eigenvalue weighted by Crippen LogP contribution is 2.30. The second-order valence-electron chi connectivity index (χ2n) is 9.50. The molecule has 1 aliphatic heterocycles. The summed E-state index contributed by atoms with van der Waals surface area (Å²) in [5.74, 6) is 0.981. The van der Waals surface area contributed by atoms with Crippen molar-refractivity contribution < 1.29 is 9.59 Å². The molecule has 1 atom stereocenters. The van der Waals surface area contributed by atoms with Crippen LogP contribution >= 0.6 is 0 Å². The Morgan fingerprint density at radius 1 is 1.12 bits per heavy atom. The highest BCUT2D eigenvalue weighted by atomic mass is 16.2. The lowest BCUT2D eigenvalue weighted by molar-refractivity contribution is -0.128. The number of carbonyl (C=O) groups excluding carboxylic acids is 2. The number of hydrogen-bond donors (Lipinski definition) is 1. The Labute approximate surface area is 191 Å². The van der Waals surface area contributed by atoms with Crippen LogP contribution in [0.5, 0.6) is 0 Å². The number of para-hydroxylation sites is 1. The Hall–Kier alpha value is -2.67. The molecule has 3 rings (SSSR count). The van der Waals surface area contributed by atoms with Gasteiger partial charge in [-0.2, -0.15) is 0 Å². The molecule has 2 heterocycles. The van der Waals surface area contributed by atoms with E-state index in [0.29, 0.717) is 24.9 Å². The van der Waals surface area contributed by atoms with Crippen molar-refractivity contribution in [1.82, 2.24) is 19.8 Å². The van der Waals surface area contributed by atoms with Gasteiger partial charge in [0, 0.05) is 50.8 Å². The van der Waals surface area contributed by atoms with Crippen molar-refractivity contribution in [3.8, 4) is 0 Å². The number of benzene rings is 1. The van der Waals surface area contributed by atoms with Crippen molar-refractivity contribution in [2.24, 2.45) is 11.8 Å². The maximum atomic E-state index is 13.5. The molecule has 2 aromatic rings. The monoisotopic (exact) mass is 439 g/mol. The van der Waals surface area contributed by atoms with Gasteiger partial charge in [-0.05, 0) is 29.9 Å². The number of nitrogens with one attached hydrogen (secondary N) is 1. The van der Waals surface area contributed by atoms with Crippen LogP contribution in [0, 0.1) is 11.8 Å². The summed E-state index contributed by atoms with van der Waals surface area (Å²) < 4.78 is 1.74. The SMILES string of the molecule is CC(C)CN(CCNC(=O)CC(C(=O)N1CCc2ccccc21)n1ccnc1)CC(C)C. The third-order valence-corrected chi connectivity index (χ3v) is 5.70. The van der Waals surface area contributed by atoms with E-state index in [4.69, 9.17) is 0 Å². The van der Waals surface area contributed by atoms with E-state index in [2.05, 4.69) is 49.0 Å². The summed E-state index contributed by atoms with van der Waals surface area (Å²) in [6, 6.07) is 7.37. The summed E-state index contributed by atoms with van der Waals surface area (Å²) in [6.07, 6.45) is 5.95. The van der Waals surface area contributed by atoms with Crippen molar-refractivity contribution in [1.29, 1.82) is 0 Å². The van der Waals surface area contributed by atoms with Gasteiger partial charge in [0.1, 0.15) is 6.04 Å². The molecule has 7 heteroatoms. The minimum Gasteiger partial charge on any atom is -0.355 e. The highest BCUT2D eigenvalue weighted by Gasteiger charge is 2.32. The Bertz CT molecular complexity index is 868. The average molecular weight is 440 g/mol. The van der Waals surface area contributed by atoms with Crippen LogP contribution in [-0.2, 0) is 16.0 Å². The van der Waals surface area contributed by atoms with Gasteiger partial charge in [0.15, 0.2) is 0 Å². The lowest BCUT2D eigenvalue weighted by Gasteiger charge is -2.27. The molecule has 1 aliphatic rings. The Kier molecular flexibility index (Phi) is 8.45. The third kappa shape index (κ3) is 6.42. The molecule has 7 nitrogen and oxygen atoms in total. The van der Waals surface area contributed by atoms with Crippen LogP contribution in [0.2, 0.25) is 0 Å². The standard InChI is InChI=1S/C25H37N5O2/c1-19(2)16-28(17-20(3)4)13-11-27-24(31)15-23(29-14-10-26-18-29)25(32)30-12-9-21-7-5-6-8-22(21)30/h5-8,10,14,18-20,23H,9,11-13,15-17H2,1-4H3,(H,27,31). The molecule has 1 unspecified atom stereocenters. The summed E-state index contributed by atoms with van der Waals surface area (Å²) in [6.45, 7) is 12.9. The maximum Gasteiger partial charge on any atom is 0.250 e. The molecule has 1 N–H and O–H groups in total. The third-order valence-electron chi connectivity index (χ3n) is 5.70. The first-order chi connectivity index (χ1) is 15.3. The molecule has 32 heavy (non-hydrogen) atoms. The lowest BCUT2D eigenvalue weighted by Crippen LogP contribution is -2.41. The van der Waals surface area contributed by atoms with Gasteiger partial charge in [-0.25, -0.2) is 4.98 Å². The van der Waals surface area contributed by atoms with Gasteiger partial charge in [0.2, 0.25) is 5.91 Å². The van der Waals surface area contributed by atoms with Crippen LogP contribution in [0.1, 0.15) is 45.7 Å². The predicted molar refractivity (Wildman–Crippen MR) is 128 cm³/mol. The first kappa shape index (κ1) is 24.0. The second-order valence-corrected chi connectivity index (χ2v) is 9.50. The molecule has 0 fully saturated rings. The summed E-state index contributed by atoms with van der Waals surface area (Å²) in [5, 5.41) is 3.03.